The number of hydrogen-bond acceptors (Lipinski definition) is 11. The van der Waals surface area contributed by atoms with Crippen molar-refractivity contribution in [3.63, 3.8) is 0 Å². The molecule has 1 spiro atoms. The van der Waals surface area contributed by atoms with E-state index in [0.717, 1.165) is 16.7 Å². The number of nitrogens with two attached hydrogens (primary N) is 1. The van der Waals surface area contributed by atoms with E-state index in [0.29, 0.717) is 63.6 Å². The minimum Gasteiger partial charge on any atom is -0.492 e. The summed E-state index contributed by atoms with van der Waals surface area (Å²) in [5.41, 5.74) is 7.93. The summed E-state index contributed by atoms with van der Waals surface area (Å²) >= 11 is 0. The molecule has 0 aliphatic carbocycles. The maximum atomic E-state index is 14.0. The number of aliphatic hydroxyl groups is 2. The summed E-state index contributed by atoms with van der Waals surface area (Å²) in [7, 11) is -7.66. The Bertz CT molecular complexity index is 1830. The maximum Gasteiger partial charge on any atom is 0.246 e. The molecule has 5 N–H and O–H groups in total. The number of ether oxygens (including phenoxy) is 3. The first kappa shape index (κ1) is 38.2. The number of piperidine rings is 1. The molecular weight excluding hydrogens is 683 g/mol. The lowest BCUT2D eigenvalue weighted by molar-refractivity contribution is -0.0312. The lowest BCUT2D eigenvalue weighted by atomic mass is 9.88. The molecule has 2 atom stereocenters. The Labute approximate surface area is 295 Å². The molecule has 5 rings (SSSR count). The lowest BCUT2D eigenvalue weighted by Crippen LogP contribution is -2.47. The van der Waals surface area contributed by atoms with Crippen molar-refractivity contribution < 1.29 is 41.3 Å². The zero-order chi connectivity index (χ0) is 36.2. The number of sulfonamides is 1. The molecule has 2 saturated heterocycles. The van der Waals surface area contributed by atoms with E-state index in [1.807, 2.05) is 37.3 Å². The number of benzene rings is 3. The van der Waals surface area contributed by atoms with E-state index >= 15 is 0 Å². The number of nitrogens with one attached hydrogen (secondary N) is 1. The van der Waals surface area contributed by atoms with Crippen LogP contribution in [-0.2, 0) is 31.1 Å². The summed E-state index contributed by atoms with van der Waals surface area (Å²) in [5, 5.41) is 23.5. The Morgan fingerprint density at radius 1 is 1.02 bits per heavy atom. The first-order valence-electron chi connectivity index (χ1n) is 16.9. The van der Waals surface area contributed by atoms with Gasteiger partial charge in [-0.15, -0.1) is 0 Å². The van der Waals surface area contributed by atoms with E-state index in [4.69, 9.17) is 19.9 Å². The van der Waals surface area contributed by atoms with Crippen LogP contribution in [0.25, 0.3) is 11.1 Å². The Kier molecular flexibility index (Phi) is 12.0. The Balaban J connectivity index is 1.14. The Morgan fingerprint density at radius 2 is 1.72 bits per heavy atom. The number of hydrogen-bond donors (Lipinski definition) is 4. The first-order chi connectivity index (χ1) is 23.7. The van der Waals surface area contributed by atoms with Crippen LogP contribution in [0.5, 0.6) is 11.5 Å². The van der Waals surface area contributed by atoms with Crippen molar-refractivity contribution in [2.24, 2.45) is 5.73 Å². The normalized spacial score (nSPS) is 19.0. The molecule has 2 unspecified atom stereocenters. The molecule has 0 radical (unpaired) electrons. The molecule has 3 aromatic rings. The minimum absolute atomic E-state index is 0.0334. The predicted molar refractivity (Wildman–Crippen MR) is 190 cm³/mol. The predicted octanol–water partition coefficient (Wildman–Crippen LogP) is 3.10. The van der Waals surface area contributed by atoms with Gasteiger partial charge < -0.3 is 35.5 Å². The fraction of sp³-hybridized carbons (Fsp3) is 0.500. The largest absolute Gasteiger partial charge is 0.492 e. The molecule has 2 aliphatic rings. The van der Waals surface area contributed by atoms with Crippen molar-refractivity contribution in [1.29, 1.82) is 0 Å². The molecule has 0 aromatic heterocycles. The number of aliphatic hydroxyl groups excluding tert-OH is 2. The molecule has 50 heavy (non-hydrogen) atoms. The first-order valence-corrected chi connectivity index (χ1v) is 19.9. The highest BCUT2D eigenvalue weighted by molar-refractivity contribution is 7.92. The Hall–Kier alpha value is -3.08. The van der Waals surface area contributed by atoms with E-state index in [9.17, 15) is 27.0 Å². The van der Waals surface area contributed by atoms with Gasteiger partial charge >= 0.3 is 0 Å². The topological polar surface area (TPSA) is 178 Å². The van der Waals surface area contributed by atoms with E-state index < -0.39 is 42.9 Å². The lowest BCUT2D eigenvalue weighted by Gasteiger charge is -2.38. The average Bonchev–Trinajstić information content (AvgIpc) is 3.52. The molecule has 2 aliphatic heterocycles. The van der Waals surface area contributed by atoms with E-state index in [1.165, 1.54) is 30.3 Å². The summed E-state index contributed by atoms with van der Waals surface area (Å²) in [4.78, 5) is 0.173. The van der Waals surface area contributed by atoms with Crippen molar-refractivity contribution in [3.05, 3.63) is 72.3 Å². The van der Waals surface area contributed by atoms with Crippen LogP contribution in [0.2, 0.25) is 0 Å². The van der Waals surface area contributed by atoms with Gasteiger partial charge in [0.1, 0.15) is 29.1 Å². The van der Waals surface area contributed by atoms with E-state index in [2.05, 4.69) is 5.32 Å². The highest BCUT2D eigenvalue weighted by atomic mass is 32.2. The van der Waals surface area contributed by atoms with Crippen LogP contribution >= 0.6 is 0 Å². The SMILES string of the molecule is CCOc1ccc(-c2ccc(CN)cc2)cc1S(=O)(=O)N1CCC2(CC1)CC(NCC(O)COc1cccc(S(=O)(=O)C(C)(C)CO)c1)CO2. The summed E-state index contributed by atoms with van der Waals surface area (Å²) in [6.07, 6.45) is 0.869. The van der Waals surface area contributed by atoms with Gasteiger partial charge in [-0.25, -0.2) is 16.8 Å². The molecule has 274 valence electrons. The third-order valence-electron chi connectivity index (χ3n) is 9.54. The van der Waals surface area contributed by atoms with Crippen molar-refractivity contribution in [3.8, 4) is 22.6 Å². The van der Waals surface area contributed by atoms with Crippen molar-refractivity contribution in [2.45, 2.75) is 78.9 Å². The zero-order valence-electron chi connectivity index (χ0n) is 28.9. The summed E-state index contributed by atoms with van der Waals surface area (Å²) in [5.74, 6) is 0.618. The van der Waals surface area contributed by atoms with Gasteiger partial charge in [0.05, 0.1) is 35.1 Å². The number of sulfone groups is 1. The molecule has 14 heteroatoms. The molecule has 0 amide bonds. The minimum atomic E-state index is -3.86. The van der Waals surface area contributed by atoms with Crippen molar-refractivity contribution in [2.75, 3.05) is 46.1 Å². The molecule has 0 bridgehead atoms. The van der Waals surface area contributed by atoms with Gasteiger partial charge in [0.15, 0.2) is 9.84 Å². The van der Waals surface area contributed by atoms with Crippen molar-refractivity contribution in [1.82, 2.24) is 9.62 Å². The van der Waals surface area contributed by atoms with Gasteiger partial charge in [-0.2, -0.15) is 4.31 Å². The second-order valence-electron chi connectivity index (χ2n) is 13.6. The maximum absolute atomic E-state index is 14.0. The van der Waals surface area contributed by atoms with Gasteiger partial charge in [0.2, 0.25) is 10.0 Å². The summed E-state index contributed by atoms with van der Waals surface area (Å²) in [6.45, 7) is 6.17. The summed E-state index contributed by atoms with van der Waals surface area (Å²) in [6, 6.07) is 19.0. The fourth-order valence-corrected chi connectivity index (χ4v) is 9.22. The average molecular weight is 732 g/mol. The monoisotopic (exact) mass is 731 g/mol. The van der Waals surface area contributed by atoms with Crippen LogP contribution in [0.4, 0.5) is 0 Å². The smallest absolute Gasteiger partial charge is 0.246 e. The molecular formula is C36H49N3O9S2. The van der Waals surface area contributed by atoms with Gasteiger partial charge in [0, 0.05) is 32.2 Å². The standard InChI is InChI=1S/C36H49N3O9S2/c1-4-46-33-13-12-28(27-10-8-26(21-37)9-11-27)18-34(33)50(44,45)39-16-14-36(15-17-39)20-29(23-48-36)38-22-30(41)24-47-31-6-5-7-32(19-31)49(42,43)35(2,3)25-40/h5-13,18-19,29-30,38,40-41H,4,14-17,20-25,37H2,1-3H3. The van der Waals surface area contributed by atoms with E-state index in [1.54, 1.807) is 24.3 Å². The molecule has 12 nitrogen and oxygen atoms in total. The second kappa shape index (κ2) is 15.7. The highest BCUT2D eigenvalue weighted by Crippen LogP contribution is 2.39. The van der Waals surface area contributed by atoms with Gasteiger partial charge in [-0.1, -0.05) is 36.4 Å². The third-order valence-corrected chi connectivity index (χ3v) is 13.9. The van der Waals surface area contributed by atoms with E-state index in [-0.39, 0.29) is 29.0 Å². The Morgan fingerprint density at radius 3 is 2.38 bits per heavy atom. The van der Waals surface area contributed by atoms with Gasteiger partial charge in [0.25, 0.3) is 0 Å². The van der Waals surface area contributed by atoms with Crippen LogP contribution < -0.4 is 20.5 Å². The van der Waals surface area contributed by atoms with Gasteiger partial charge in [-0.3, -0.25) is 0 Å². The molecule has 3 aromatic carbocycles. The quantitative estimate of drug-likeness (QED) is 0.181. The van der Waals surface area contributed by atoms with Crippen LogP contribution in [0.15, 0.2) is 76.5 Å². The van der Waals surface area contributed by atoms with Crippen LogP contribution in [0, 0.1) is 0 Å². The number of nitrogens with zero attached hydrogens (tertiary/aromatic N) is 1. The highest BCUT2D eigenvalue weighted by Gasteiger charge is 2.45. The van der Waals surface area contributed by atoms with Crippen LogP contribution in [-0.4, -0.2) is 99.9 Å². The zero-order valence-corrected chi connectivity index (χ0v) is 30.5. The number of rotatable bonds is 15. The van der Waals surface area contributed by atoms with Crippen LogP contribution in [0.3, 0.4) is 0 Å². The summed E-state index contributed by atoms with van der Waals surface area (Å²) < 4.78 is 71.6. The van der Waals surface area contributed by atoms with Gasteiger partial charge in [-0.05, 0) is 87.1 Å². The molecule has 2 fully saturated rings. The van der Waals surface area contributed by atoms with Crippen LogP contribution in [0.1, 0.15) is 45.6 Å². The third kappa shape index (κ3) is 8.34. The fourth-order valence-electron chi connectivity index (χ4n) is 6.28. The molecule has 0 saturated carbocycles. The van der Waals surface area contributed by atoms with Crippen molar-refractivity contribution >= 4 is 19.9 Å². The molecule has 2 heterocycles. The second-order valence-corrected chi connectivity index (χ2v) is 18.1.